The molecule has 1 aromatic heterocycles. The molecule has 2 heterocycles. The number of aromatic nitrogens is 1. The largest absolute Gasteiger partial charge is 0.376 e. The first-order valence-electron chi connectivity index (χ1n) is 5.71. The highest BCUT2D eigenvalue weighted by Crippen LogP contribution is 2.33. The lowest BCUT2D eigenvalue weighted by molar-refractivity contribution is 0.118. The van der Waals surface area contributed by atoms with Gasteiger partial charge in [-0.1, -0.05) is 23.2 Å². The van der Waals surface area contributed by atoms with E-state index in [0.29, 0.717) is 21.7 Å². The zero-order valence-corrected chi connectivity index (χ0v) is 11.8. The molecule has 0 amide bonds. The number of halogens is 2. The third-order valence-corrected chi connectivity index (χ3v) is 3.78. The number of likely N-dealkylation sites (N-methyl/N-ethyl adjacent to an activating group) is 1. The zero-order valence-electron chi connectivity index (χ0n) is 10.3. The molecule has 0 bridgehead atoms. The van der Waals surface area contributed by atoms with Crippen molar-refractivity contribution in [3.05, 3.63) is 16.1 Å². The number of hydrazine groups is 1. The summed E-state index contributed by atoms with van der Waals surface area (Å²) in [5.74, 6) is 6.43. The van der Waals surface area contributed by atoms with Gasteiger partial charge >= 0.3 is 0 Å². The van der Waals surface area contributed by atoms with Crippen molar-refractivity contribution >= 4 is 34.8 Å². The van der Waals surface area contributed by atoms with Gasteiger partial charge in [0.05, 0.1) is 22.2 Å². The van der Waals surface area contributed by atoms with Crippen LogP contribution in [-0.4, -0.2) is 30.8 Å². The Morgan fingerprint density at radius 3 is 2.78 bits per heavy atom. The molecule has 2 atom stereocenters. The van der Waals surface area contributed by atoms with Crippen LogP contribution in [0, 0.1) is 0 Å². The van der Waals surface area contributed by atoms with E-state index in [0.717, 1.165) is 13.0 Å². The second kappa shape index (κ2) is 5.48. The Bertz CT molecular complexity index is 443. The van der Waals surface area contributed by atoms with Gasteiger partial charge in [-0.05, 0) is 19.4 Å². The molecule has 2 rings (SSSR count). The van der Waals surface area contributed by atoms with E-state index in [1.54, 1.807) is 6.07 Å². The number of nitrogens with two attached hydrogens (primary N) is 1. The van der Waals surface area contributed by atoms with Gasteiger partial charge in [0.25, 0.3) is 0 Å². The Hall–Kier alpha value is -0.750. The predicted molar refractivity (Wildman–Crippen MR) is 74.3 cm³/mol. The molecule has 1 aliphatic rings. The second-order valence-corrected chi connectivity index (χ2v) is 5.13. The molecule has 1 aliphatic heterocycles. The first-order chi connectivity index (χ1) is 8.54. The van der Waals surface area contributed by atoms with Crippen molar-refractivity contribution in [3.8, 4) is 0 Å². The SMILES string of the molecule is CC1OCCC1N(C)c1nc(NN)c(Cl)cc1Cl. The van der Waals surface area contributed by atoms with Gasteiger partial charge in [-0.3, -0.25) is 0 Å². The van der Waals surface area contributed by atoms with Gasteiger partial charge in [0, 0.05) is 13.7 Å². The molecule has 7 heteroatoms. The molecule has 0 aromatic carbocycles. The monoisotopic (exact) mass is 290 g/mol. The molecule has 0 radical (unpaired) electrons. The lowest BCUT2D eigenvalue weighted by Crippen LogP contribution is -2.37. The van der Waals surface area contributed by atoms with Crippen molar-refractivity contribution in [2.75, 3.05) is 24.0 Å². The summed E-state index contributed by atoms with van der Waals surface area (Å²) in [6.45, 7) is 2.80. The van der Waals surface area contributed by atoms with Crippen LogP contribution in [0.25, 0.3) is 0 Å². The highest BCUT2D eigenvalue weighted by molar-refractivity contribution is 6.37. The average Bonchev–Trinajstić information content (AvgIpc) is 2.75. The van der Waals surface area contributed by atoms with Gasteiger partial charge in [0.2, 0.25) is 0 Å². The molecular formula is C11H16Cl2N4O. The molecule has 0 aliphatic carbocycles. The number of nitrogen functional groups attached to an aromatic ring is 1. The Morgan fingerprint density at radius 1 is 1.50 bits per heavy atom. The van der Waals surface area contributed by atoms with E-state index in [1.165, 1.54) is 0 Å². The van der Waals surface area contributed by atoms with Crippen molar-refractivity contribution < 1.29 is 4.74 Å². The molecule has 1 aromatic rings. The van der Waals surface area contributed by atoms with Crippen molar-refractivity contribution in [1.29, 1.82) is 0 Å². The predicted octanol–water partition coefficient (Wildman–Crippen LogP) is 2.29. The maximum Gasteiger partial charge on any atom is 0.161 e. The summed E-state index contributed by atoms with van der Waals surface area (Å²) < 4.78 is 5.55. The topological polar surface area (TPSA) is 63.4 Å². The van der Waals surface area contributed by atoms with Crippen LogP contribution in [-0.2, 0) is 4.74 Å². The van der Waals surface area contributed by atoms with Gasteiger partial charge in [-0.15, -0.1) is 0 Å². The van der Waals surface area contributed by atoms with Crippen LogP contribution < -0.4 is 16.2 Å². The van der Waals surface area contributed by atoms with Crippen LogP contribution in [0.1, 0.15) is 13.3 Å². The highest BCUT2D eigenvalue weighted by Gasteiger charge is 2.30. The molecule has 0 spiro atoms. The smallest absolute Gasteiger partial charge is 0.161 e. The van der Waals surface area contributed by atoms with E-state index in [4.69, 9.17) is 33.8 Å². The Labute approximate surface area is 116 Å². The summed E-state index contributed by atoms with van der Waals surface area (Å²) in [6.07, 6.45) is 1.10. The molecule has 3 N–H and O–H groups in total. The van der Waals surface area contributed by atoms with Crippen LogP contribution in [0.5, 0.6) is 0 Å². The number of nitrogens with one attached hydrogen (secondary N) is 1. The molecule has 100 valence electrons. The maximum absolute atomic E-state index is 6.18. The van der Waals surface area contributed by atoms with Gasteiger partial charge in [0.15, 0.2) is 5.82 Å². The highest BCUT2D eigenvalue weighted by atomic mass is 35.5. The standard InChI is InChI=1S/C11H16Cl2N4O/c1-6-9(3-4-18-6)17(2)11-8(13)5-7(12)10(15-11)16-14/h5-6,9H,3-4,14H2,1-2H3,(H,15,16). The molecule has 1 fully saturated rings. The minimum atomic E-state index is 0.151. The third kappa shape index (κ3) is 2.49. The maximum atomic E-state index is 6.18. The molecule has 2 unspecified atom stereocenters. The minimum Gasteiger partial charge on any atom is -0.376 e. The Morgan fingerprint density at radius 2 is 2.22 bits per heavy atom. The van der Waals surface area contributed by atoms with Crippen molar-refractivity contribution in [3.63, 3.8) is 0 Å². The number of hydrogen-bond acceptors (Lipinski definition) is 5. The van der Waals surface area contributed by atoms with E-state index < -0.39 is 0 Å². The number of hydrogen-bond donors (Lipinski definition) is 2. The van der Waals surface area contributed by atoms with Crippen LogP contribution >= 0.6 is 23.2 Å². The first kappa shape index (κ1) is 13.7. The summed E-state index contributed by atoms with van der Waals surface area (Å²) in [6, 6.07) is 1.89. The fraction of sp³-hybridized carbons (Fsp3) is 0.545. The van der Waals surface area contributed by atoms with Crippen LogP contribution in [0.3, 0.4) is 0 Å². The van der Waals surface area contributed by atoms with E-state index in [-0.39, 0.29) is 12.1 Å². The number of pyridine rings is 1. The van der Waals surface area contributed by atoms with Crippen LogP contribution in [0.4, 0.5) is 11.6 Å². The van der Waals surface area contributed by atoms with E-state index in [2.05, 4.69) is 10.4 Å². The average molecular weight is 291 g/mol. The van der Waals surface area contributed by atoms with Gasteiger partial charge in [-0.25, -0.2) is 10.8 Å². The van der Waals surface area contributed by atoms with Crippen molar-refractivity contribution in [1.82, 2.24) is 4.98 Å². The lowest BCUT2D eigenvalue weighted by Gasteiger charge is -2.28. The number of nitrogens with zero attached hydrogens (tertiary/aromatic N) is 2. The Balaban J connectivity index is 2.32. The van der Waals surface area contributed by atoms with Crippen LogP contribution in [0.2, 0.25) is 10.0 Å². The summed E-state index contributed by atoms with van der Waals surface area (Å²) in [5.41, 5.74) is 2.46. The zero-order chi connectivity index (χ0) is 13.3. The lowest BCUT2D eigenvalue weighted by atomic mass is 10.1. The minimum absolute atomic E-state index is 0.151. The normalized spacial score (nSPS) is 23.2. The first-order valence-corrected chi connectivity index (χ1v) is 6.47. The third-order valence-electron chi connectivity index (χ3n) is 3.22. The molecular weight excluding hydrogens is 275 g/mol. The van der Waals surface area contributed by atoms with E-state index >= 15 is 0 Å². The van der Waals surface area contributed by atoms with Gasteiger partial charge in [0.1, 0.15) is 5.82 Å². The van der Waals surface area contributed by atoms with Gasteiger partial charge in [-0.2, -0.15) is 0 Å². The summed E-state index contributed by atoms with van der Waals surface area (Å²) >= 11 is 12.1. The number of anilines is 2. The van der Waals surface area contributed by atoms with Gasteiger partial charge < -0.3 is 15.1 Å². The summed E-state index contributed by atoms with van der Waals surface area (Å²) in [4.78, 5) is 6.35. The van der Waals surface area contributed by atoms with E-state index in [9.17, 15) is 0 Å². The molecule has 18 heavy (non-hydrogen) atoms. The fourth-order valence-electron chi connectivity index (χ4n) is 2.19. The quantitative estimate of drug-likeness (QED) is 0.661. The summed E-state index contributed by atoms with van der Waals surface area (Å²) in [5, 5.41) is 0.899. The van der Waals surface area contributed by atoms with Crippen molar-refractivity contribution in [2.24, 2.45) is 5.84 Å². The Kier molecular flexibility index (Phi) is 4.17. The van der Waals surface area contributed by atoms with Crippen LogP contribution in [0.15, 0.2) is 6.07 Å². The molecule has 1 saturated heterocycles. The fourth-order valence-corrected chi connectivity index (χ4v) is 2.74. The van der Waals surface area contributed by atoms with Crippen molar-refractivity contribution in [2.45, 2.75) is 25.5 Å². The van der Waals surface area contributed by atoms with E-state index in [1.807, 2.05) is 18.9 Å². The molecule has 5 nitrogen and oxygen atoms in total. The second-order valence-electron chi connectivity index (χ2n) is 4.31. The molecule has 0 saturated carbocycles. The number of ether oxygens (including phenoxy) is 1. The number of rotatable bonds is 3. The summed E-state index contributed by atoms with van der Waals surface area (Å²) in [7, 11) is 1.94.